The summed E-state index contributed by atoms with van der Waals surface area (Å²) in [6, 6.07) is 13.7. The summed E-state index contributed by atoms with van der Waals surface area (Å²) in [6.07, 6.45) is 0. The second-order valence-corrected chi connectivity index (χ2v) is 6.00. The normalized spacial score (nSPS) is 20.6. The van der Waals surface area contributed by atoms with Gasteiger partial charge < -0.3 is 15.4 Å². The van der Waals surface area contributed by atoms with E-state index in [4.69, 9.17) is 4.74 Å². The van der Waals surface area contributed by atoms with Crippen LogP contribution in [0.25, 0.3) is 0 Å². The molecule has 4 nitrogen and oxygen atoms in total. The molecule has 126 valence electrons. The lowest BCUT2D eigenvalue weighted by atomic mass is 9.94. The first-order valence-electron chi connectivity index (χ1n) is 8.05. The van der Waals surface area contributed by atoms with Gasteiger partial charge in [0.2, 0.25) is 5.91 Å². The molecule has 2 unspecified atom stereocenters. The standard InChI is InChI=1S/C19H21FN2O2/c1-12(13-7-9-14(20)10-8-13)19(23)22-16-11-24-17-6-4-3-5-15(17)18(16)21-2/h3-10,12,16,18,21H,11H2,1-2H3,(H,22,23)/t12-,16?,18?/m0/s1. The van der Waals surface area contributed by atoms with Crippen LogP contribution in [0, 0.1) is 5.82 Å². The molecule has 2 aromatic rings. The summed E-state index contributed by atoms with van der Waals surface area (Å²) >= 11 is 0. The average Bonchev–Trinajstić information content (AvgIpc) is 2.61. The number of amides is 1. The van der Waals surface area contributed by atoms with E-state index < -0.39 is 0 Å². The number of hydrogen-bond donors (Lipinski definition) is 2. The zero-order valence-corrected chi connectivity index (χ0v) is 13.8. The van der Waals surface area contributed by atoms with Crippen molar-refractivity contribution in [2.75, 3.05) is 13.7 Å². The molecule has 1 amide bonds. The molecular weight excluding hydrogens is 307 g/mol. The second-order valence-electron chi connectivity index (χ2n) is 6.00. The monoisotopic (exact) mass is 328 g/mol. The van der Waals surface area contributed by atoms with E-state index in [0.717, 1.165) is 16.9 Å². The molecular formula is C19H21FN2O2. The molecule has 2 N–H and O–H groups in total. The Hall–Kier alpha value is -2.40. The Balaban J connectivity index is 1.73. The molecule has 0 aliphatic carbocycles. The fourth-order valence-electron chi connectivity index (χ4n) is 3.05. The number of benzene rings is 2. The minimum atomic E-state index is -0.361. The van der Waals surface area contributed by atoms with Gasteiger partial charge in [0.25, 0.3) is 0 Å². The van der Waals surface area contributed by atoms with E-state index in [9.17, 15) is 9.18 Å². The number of carbonyl (C=O) groups excluding carboxylic acids is 1. The van der Waals surface area contributed by atoms with Crippen molar-refractivity contribution >= 4 is 5.91 Å². The lowest BCUT2D eigenvalue weighted by Gasteiger charge is -2.34. The summed E-state index contributed by atoms with van der Waals surface area (Å²) < 4.78 is 18.8. The van der Waals surface area contributed by atoms with Crippen LogP contribution < -0.4 is 15.4 Å². The molecule has 1 aliphatic rings. The van der Waals surface area contributed by atoms with Crippen LogP contribution in [0.4, 0.5) is 4.39 Å². The zero-order chi connectivity index (χ0) is 17.1. The summed E-state index contributed by atoms with van der Waals surface area (Å²) in [7, 11) is 1.87. The maximum absolute atomic E-state index is 13.0. The molecule has 0 bridgehead atoms. The highest BCUT2D eigenvalue weighted by Gasteiger charge is 2.31. The van der Waals surface area contributed by atoms with E-state index in [-0.39, 0.29) is 29.7 Å². The summed E-state index contributed by atoms with van der Waals surface area (Å²) in [6.45, 7) is 2.22. The molecule has 0 saturated heterocycles. The molecule has 0 radical (unpaired) electrons. The van der Waals surface area contributed by atoms with Gasteiger partial charge in [-0.1, -0.05) is 30.3 Å². The van der Waals surface area contributed by atoms with Gasteiger partial charge in [0.1, 0.15) is 18.2 Å². The largest absolute Gasteiger partial charge is 0.491 e. The molecule has 0 spiro atoms. The Labute approximate surface area is 141 Å². The van der Waals surface area contributed by atoms with Crippen LogP contribution in [0.5, 0.6) is 5.75 Å². The molecule has 0 saturated carbocycles. The van der Waals surface area contributed by atoms with Crippen molar-refractivity contribution in [2.45, 2.75) is 24.9 Å². The average molecular weight is 328 g/mol. The van der Waals surface area contributed by atoms with Crippen molar-refractivity contribution in [1.29, 1.82) is 0 Å². The first-order chi connectivity index (χ1) is 11.6. The zero-order valence-electron chi connectivity index (χ0n) is 13.8. The van der Waals surface area contributed by atoms with E-state index >= 15 is 0 Å². The molecule has 2 aromatic carbocycles. The van der Waals surface area contributed by atoms with E-state index in [2.05, 4.69) is 10.6 Å². The van der Waals surface area contributed by atoms with Crippen LogP contribution >= 0.6 is 0 Å². The summed E-state index contributed by atoms with van der Waals surface area (Å²) in [5.41, 5.74) is 1.82. The molecule has 1 aliphatic heterocycles. The summed E-state index contributed by atoms with van der Waals surface area (Å²) in [5.74, 6) is 0.0722. The van der Waals surface area contributed by atoms with E-state index in [1.807, 2.05) is 38.2 Å². The van der Waals surface area contributed by atoms with E-state index in [1.54, 1.807) is 12.1 Å². The minimum Gasteiger partial charge on any atom is -0.491 e. The van der Waals surface area contributed by atoms with Gasteiger partial charge in [0.05, 0.1) is 18.0 Å². The van der Waals surface area contributed by atoms with Gasteiger partial charge in [-0.15, -0.1) is 0 Å². The number of rotatable bonds is 4. The number of ether oxygens (including phenoxy) is 1. The molecule has 0 fully saturated rings. The number of hydrogen-bond acceptors (Lipinski definition) is 3. The number of para-hydroxylation sites is 1. The fraction of sp³-hybridized carbons (Fsp3) is 0.316. The SMILES string of the molecule is CNC1c2ccccc2OCC1NC(=O)[C@@H](C)c1ccc(F)cc1. The summed E-state index contributed by atoms with van der Waals surface area (Å²) in [5, 5.41) is 6.31. The fourth-order valence-corrected chi connectivity index (χ4v) is 3.05. The van der Waals surface area contributed by atoms with Gasteiger partial charge in [-0.25, -0.2) is 4.39 Å². The number of carbonyl (C=O) groups is 1. The first kappa shape index (κ1) is 16.5. The third-order valence-corrected chi connectivity index (χ3v) is 4.48. The van der Waals surface area contributed by atoms with Crippen molar-refractivity contribution in [3.05, 3.63) is 65.5 Å². The smallest absolute Gasteiger partial charge is 0.227 e. The number of likely N-dealkylation sites (N-methyl/N-ethyl adjacent to an activating group) is 1. The summed E-state index contributed by atoms with van der Waals surface area (Å²) in [4.78, 5) is 12.6. The predicted molar refractivity (Wildman–Crippen MR) is 90.5 cm³/mol. The number of halogens is 1. The van der Waals surface area contributed by atoms with Crippen LogP contribution in [0.2, 0.25) is 0 Å². The van der Waals surface area contributed by atoms with E-state index in [0.29, 0.717) is 6.61 Å². The Bertz CT molecular complexity index is 718. The molecule has 5 heteroatoms. The molecule has 1 heterocycles. The maximum atomic E-state index is 13.0. The quantitative estimate of drug-likeness (QED) is 0.907. The highest BCUT2D eigenvalue weighted by Crippen LogP contribution is 2.32. The molecule has 3 rings (SSSR count). The van der Waals surface area contributed by atoms with Crippen molar-refractivity contribution in [3.63, 3.8) is 0 Å². The Morgan fingerprint density at radius 1 is 1.21 bits per heavy atom. The van der Waals surface area contributed by atoms with Crippen LogP contribution in [0.3, 0.4) is 0 Å². The van der Waals surface area contributed by atoms with Crippen molar-refractivity contribution in [2.24, 2.45) is 0 Å². The number of fused-ring (bicyclic) bond motifs is 1. The Morgan fingerprint density at radius 2 is 1.92 bits per heavy atom. The maximum Gasteiger partial charge on any atom is 0.227 e. The van der Waals surface area contributed by atoms with Crippen LogP contribution in [0.1, 0.15) is 30.0 Å². The highest BCUT2D eigenvalue weighted by molar-refractivity contribution is 5.83. The van der Waals surface area contributed by atoms with Crippen molar-refractivity contribution in [3.8, 4) is 5.75 Å². The predicted octanol–water partition coefficient (Wildman–Crippen LogP) is 2.77. The highest BCUT2D eigenvalue weighted by atomic mass is 19.1. The lowest BCUT2D eigenvalue weighted by Crippen LogP contribution is -2.50. The van der Waals surface area contributed by atoms with Gasteiger partial charge in [0.15, 0.2) is 0 Å². The first-order valence-corrected chi connectivity index (χ1v) is 8.05. The topological polar surface area (TPSA) is 50.4 Å². The Morgan fingerprint density at radius 3 is 2.62 bits per heavy atom. The van der Waals surface area contributed by atoms with Gasteiger partial charge in [-0.05, 0) is 37.7 Å². The van der Waals surface area contributed by atoms with Gasteiger partial charge in [0, 0.05) is 5.56 Å². The van der Waals surface area contributed by atoms with Gasteiger partial charge in [-0.3, -0.25) is 4.79 Å². The number of nitrogens with one attached hydrogen (secondary N) is 2. The molecule has 3 atom stereocenters. The van der Waals surface area contributed by atoms with Gasteiger partial charge >= 0.3 is 0 Å². The van der Waals surface area contributed by atoms with Crippen LogP contribution in [-0.2, 0) is 4.79 Å². The van der Waals surface area contributed by atoms with Gasteiger partial charge in [-0.2, -0.15) is 0 Å². The third kappa shape index (κ3) is 3.26. The van der Waals surface area contributed by atoms with Crippen molar-refractivity contribution < 1.29 is 13.9 Å². The van der Waals surface area contributed by atoms with Crippen LogP contribution in [0.15, 0.2) is 48.5 Å². The minimum absolute atomic E-state index is 0.0145. The Kier molecular flexibility index (Phi) is 4.81. The van der Waals surface area contributed by atoms with E-state index in [1.165, 1.54) is 12.1 Å². The molecule has 24 heavy (non-hydrogen) atoms. The molecule has 0 aromatic heterocycles. The second kappa shape index (κ2) is 7.01. The van der Waals surface area contributed by atoms with Crippen LogP contribution in [-0.4, -0.2) is 25.6 Å². The van der Waals surface area contributed by atoms with Crippen molar-refractivity contribution in [1.82, 2.24) is 10.6 Å². The lowest BCUT2D eigenvalue weighted by molar-refractivity contribution is -0.123. The third-order valence-electron chi connectivity index (χ3n) is 4.48.